The largest absolute Gasteiger partial charge is 0.507 e. The highest BCUT2D eigenvalue weighted by Crippen LogP contribution is 2.50. The summed E-state index contributed by atoms with van der Waals surface area (Å²) in [5, 5.41) is 10.1. The Kier molecular flexibility index (Phi) is 4.66. The Morgan fingerprint density at radius 3 is 2.59 bits per heavy atom. The summed E-state index contributed by atoms with van der Waals surface area (Å²) < 4.78 is 38.6. The van der Waals surface area contributed by atoms with Gasteiger partial charge in [0.15, 0.2) is 0 Å². The van der Waals surface area contributed by atoms with Crippen molar-refractivity contribution in [1.29, 1.82) is 0 Å². The predicted molar refractivity (Wildman–Crippen MR) is 99.9 cm³/mol. The van der Waals surface area contributed by atoms with Gasteiger partial charge in [-0.3, -0.25) is 4.99 Å². The number of pyridine rings is 1. The summed E-state index contributed by atoms with van der Waals surface area (Å²) in [5.74, 6) is -0.263. The Hall–Kier alpha value is -2.57. The maximum atomic E-state index is 12.9. The Bertz CT molecular complexity index is 885. The van der Waals surface area contributed by atoms with Crippen LogP contribution < -0.4 is 5.73 Å². The third-order valence-electron chi connectivity index (χ3n) is 5.36. The number of aliphatic imine (C=N–C) groups is 1. The molecule has 2 atom stereocenters. The van der Waals surface area contributed by atoms with Crippen molar-refractivity contribution in [2.24, 2.45) is 10.4 Å². The van der Waals surface area contributed by atoms with Gasteiger partial charge in [0.1, 0.15) is 11.6 Å². The highest BCUT2D eigenvalue weighted by molar-refractivity contribution is 5.87. The van der Waals surface area contributed by atoms with Crippen LogP contribution in [0.3, 0.4) is 0 Å². The fraction of sp³-hybridized carbons (Fsp3) is 0.400. The summed E-state index contributed by atoms with van der Waals surface area (Å²) in [6.45, 7) is 5.82. The van der Waals surface area contributed by atoms with Crippen LogP contribution in [0.2, 0.25) is 0 Å². The lowest BCUT2D eigenvalue weighted by atomic mass is 10.00. The number of phenolic OH excluding ortho intramolecular Hbond substituents is 1. The molecule has 1 aliphatic rings. The molecule has 0 radical (unpaired) electrons. The molecule has 0 amide bonds. The van der Waals surface area contributed by atoms with Crippen LogP contribution in [0, 0.1) is 12.3 Å². The number of nitrogens with zero attached hydrogens (tertiary/aromatic N) is 2. The van der Waals surface area contributed by atoms with E-state index in [-0.39, 0.29) is 28.4 Å². The molecule has 1 aromatic carbocycles. The van der Waals surface area contributed by atoms with E-state index in [0.29, 0.717) is 17.3 Å². The number of anilines is 1. The summed E-state index contributed by atoms with van der Waals surface area (Å²) in [7, 11) is 0. The molecule has 7 heteroatoms. The van der Waals surface area contributed by atoms with E-state index in [4.69, 9.17) is 5.73 Å². The molecule has 0 aliphatic heterocycles. The normalized spacial score (nSPS) is 22.4. The first kappa shape index (κ1) is 19.2. The Morgan fingerprint density at radius 2 is 2.07 bits per heavy atom. The summed E-state index contributed by atoms with van der Waals surface area (Å²) in [4.78, 5) is 8.80. The van der Waals surface area contributed by atoms with Gasteiger partial charge in [0, 0.05) is 17.3 Å². The van der Waals surface area contributed by atoms with Crippen molar-refractivity contribution in [3.05, 3.63) is 41.0 Å². The van der Waals surface area contributed by atoms with Crippen molar-refractivity contribution in [2.45, 2.75) is 45.8 Å². The number of nitrogens with two attached hydrogens (primary N) is 1. The van der Waals surface area contributed by atoms with Gasteiger partial charge >= 0.3 is 6.18 Å². The van der Waals surface area contributed by atoms with E-state index in [0.717, 1.165) is 18.9 Å². The van der Waals surface area contributed by atoms with Gasteiger partial charge < -0.3 is 10.8 Å². The van der Waals surface area contributed by atoms with E-state index in [1.165, 1.54) is 6.92 Å². The van der Waals surface area contributed by atoms with E-state index < -0.39 is 17.5 Å². The van der Waals surface area contributed by atoms with Crippen molar-refractivity contribution in [2.75, 3.05) is 5.73 Å². The molecule has 1 fully saturated rings. The maximum absolute atomic E-state index is 12.9. The second-order valence-electron chi connectivity index (χ2n) is 7.36. The fourth-order valence-corrected chi connectivity index (χ4v) is 3.17. The van der Waals surface area contributed by atoms with Crippen LogP contribution in [0.5, 0.6) is 5.75 Å². The first-order chi connectivity index (χ1) is 12.5. The van der Waals surface area contributed by atoms with Gasteiger partial charge in [0.2, 0.25) is 0 Å². The minimum absolute atomic E-state index is 0.216. The molecule has 0 saturated heterocycles. The van der Waals surface area contributed by atoms with E-state index in [2.05, 4.69) is 23.8 Å². The van der Waals surface area contributed by atoms with Crippen molar-refractivity contribution in [1.82, 2.24) is 4.98 Å². The zero-order valence-corrected chi connectivity index (χ0v) is 15.4. The molecule has 0 bridgehead atoms. The molecule has 1 saturated carbocycles. The van der Waals surface area contributed by atoms with E-state index >= 15 is 0 Å². The average molecular weight is 377 g/mol. The van der Waals surface area contributed by atoms with Gasteiger partial charge in [0.25, 0.3) is 0 Å². The van der Waals surface area contributed by atoms with Crippen LogP contribution in [0.25, 0.3) is 11.3 Å². The Labute approximate surface area is 156 Å². The Balaban J connectivity index is 1.89. The second-order valence-corrected chi connectivity index (χ2v) is 7.36. The van der Waals surface area contributed by atoms with Gasteiger partial charge in [-0.05, 0) is 55.0 Å². The first-order valence-corrected chi connectivity index (χ1v) is 8.76. The lowest BCUT2D eigenvalue weighted by Crippen LogP contribution is -2.06. The number of phenols is 1. The highest BCUT2D eigenvalue weighted by atomic mass is 19.4. The van der Waals surface area contributed by atoms with Crippen LogP contribution in [0.15, 0.2) is 29.3 Å². The molecule has 144 valence electrons. The molecule has 2 aromatic rings. The number of halogens is 3. The quantitative estimate of drug-likeness (QED) is 0.739. The third kappa shape index (κ3) is 3.77. The van der Waals surface area contributed by atoms with Gasteiger partial charge in [-0.2, -0.15) is 13.2 Å². The molecular weight excluding hydrogens is 355 g/mol. The lowest BCUT2D eigenvalue weighted by molar-refractivity contribution is -0.137. The van der Waals surface area contributed by atoms with Crippen LogP contribution in [0.1, 0.15) is 43.4 Å². The van der Waals surface area contributed by atoms with Crippen molar-refractivity contribution < 1.29 is 18.3 Å². The summed E-state index contributed by atoms with van der Waals surface area (Å²) >= 11 is 0. The van der Waals surface area contributed by atoms with Gasteiger partial charge in [-0.25, -0.2) is 4.98 Å². The number of benzene rings is 1. The van der Waals surface area contributed by atoms with Crippen molar-refractivity contribution >= 4 is 12.0 Å². The van der Waals surface area contributed by atoms with Crippen LogP contribution in [-0.2, 0) is 6.18 Å². The van der Waals surface area contributed by atoms with Crippen molar-refractivity contribution in [3.63, 3.8) is 0 Å². The molecule has 3 N–H and O–H groups in total. The van der Waals surface area contributed by atoms with E-state index in [1.54, 1.807) is 18.3 Å². The molecule has 1 aromatic heterocycles. The number of aromatic nitrogens is 1. The zero-order valence-electron chi connectivity index (χ0n) is 15.4. The average Bonchev–Trinajstić information content (AvgIpc) is 3.23. The molecule has 4 nitrogen and oxygen atoms in total. The number of alkyl halides is 3. The monoisotopic (exact) mass is 377 g/mol. The number of aromatic hydroxyl groups is 1. The third-order valence-corrected chi connectivity index (χ3v) is 5.36. The van der Waals surface area contributed by atoms with Crippen LogP contribution >= 0.6 is 0 Å². The SMILES string of the molecule is CCC1(C)C[C@H]1N=Cc1ccc(-c2c(C)cc(C(F)(F)F)cc2O)nc1N. The predicted octanol–water partition coefficient (Wildman–Crippen LogP) is 4.97. The summed E-state index contributed by atoms with van der Waals surface area (Å²) in [6.07, 6.45) is -0.724. The van der Waals surface area contributed by atoms with E-state index in [1.807, 2.05) is 0 Å². The number of hydrogen-bond donors (Lipinski definition) is 2. The summed E-state index contributed by atoms with van der Waals surface area (Å²) in [6, 6.07) is 5.31. The second kappa shape index (κ2) is 6.55. The highest BCUT2D eigenvalue weighted by Gasteiger charge is 2.48. The minimum Gasteiger partial charge on any atom is -0.507 e. The molecule has 3 rings (SSSR count). The molecule has 27 heavy (non-hydrogen) atoms. The Morgan fingerprint density at radius 1 is 1.37 bits per heavy atom. The number of hydrogen-bond acceptors (Lipinski definition) is 4. The van der Waals surface area contributed by atoms with Gasteiger partial charge in [0.05, 0.1) is 17.3 Å². The fourth-order valence-electron chi connectivity index (χ4n) is 3.17. The molecule has 1 unspecified atom stereocenters. The zero-order chi connectivity index (χ0) is 20.0. The maximum Gasteiger partial charge on any atom is 0.416 e. The lowest BCUT2D eigenvalue weighted by Gasteiger charge is -2.13. The van der Waals surface area contributed by atoms with Crippen molar-refractivity contribution in [3.8, 4) is 17.0 Å². The molecular formula is C20H22F3N3O. The van der Waals surface area contributed by atoms with Crippen LogP contribution in [0.4, 0.5) is 19.0 Å². The standard InChI is InChI=1S/C20H22F3N3O/c1-4-19(3)9-16(19)25-10-12-5-6-14(26-18(12)24)17-11(2)7-13(8-15(17)27)20(21,22)23/h5-8,10,16,27H,4,9H2,1-3H3,(H2,24,26)/t16-,19?/m1/s1. The molecule has 1 heterocycles. The smallest absolute Gasteiger partial charge is 0.416 e. The minimum atomic E-state index is -4.52. The summed E-state index contributed by atoms with van der Waals surface area (Å²) in [5.41, 5.74) is 6.82. The number of aryl methyl sites for hydroxylation is 1. The molecule has 1 aliphatic carbocycles. The number of rotatable bonds is 4. The van der Waals surface area contributed by atoms with E-state index in [9.17, 15) is 18.3 Å². The van der Waals surface area contributed by atoms with Gasteiger partial charge in [-0.15, -0.1) is 0 Å². The first-order valence-electron chi connectivity index (χ1n) is 8.76. The topological polar surface area (TPSA) is 71.5 Å². The van der Waals surface area contributed by atoms with Crippen LogP contribution in [-0.4, -0.2) is 22.3 Å². The number of nitrogen functional groups attached to an aromatic ring is 1. The van der Waals surface area contributed by atoms with Gasteiger partial charge in [-0.1, -0.05) is 13.8 Å². The molecule has 0 spiro atoms.